The molecule has 0 atom stereocenters. The van der Waals surface area contributed by atoms with Crippen molar-refractivity contribution in [2.24, 2.45) is 0 Å². The molecule has 2 heterocycles. The Labute approximate surface area is 199 Å². The molecule has 0 aliphatic carbocycles. The fourth-order valence-corrected chi connectivity index (χ4v) is 3.64. The van der Waals surface area contributed by atoms with Crippen LogP contribution < -0.4 is 10.1 Å². The normalized spacial score (nSPS) is 11.6. The van der Waals surface area contributed by atoms with Gasteiger partial charge >= 0.3 is 6.18 Å². The van der Waals surface area contributed by atoms with Crippen LogP contribution in [-0.4, -0.2) is 15.3 Å². The maximum atomic E-state index is 12.9. The second-order valence-corrected chi connectivity index (χ2v) is 8.08. The van der Waals surface area contributed by atoms with Crippen LogP contribution in [0.4, 0.5) is 13.2 Å². The average molecular weight is 488 g/mol. The van der Waals surface area contributed by atoms with E-state index in [9.17, 15) is 18.0 Å². The monoisotopic (exact) mass is 487 g/mol. The first-order chi connectivity index (χ1) is 16.2. The van der Waals surface area contributed by atoms with Crippen LogP contribution in [0.5, 0.6) is 5.75 Å². The Morgan fingerprint density at radius 1 is 1.03 bits per heavy atom. The number of hydrogen-bond acceptors (Lipinski definition) is 3. The molecule has 0 unspecified atom stereocenters. The standard InChI is InChI=1S/C25H21ClF3N3O2/c1-2-21-23(32-14-19(26)9-12-22(32)31-21)24(33)30-13-16-5-10-20(11-6-16)34-15-17-3-7-18(8-4-17)25(27,28)29/h3-12,14H,2,13,15H2,1H3,(H,30,33). The molecule has 0 saturated carbocycles. The summed E-state index contributed by atoms with van der Waals surface area (Å²) in [5.41, 5.74) is 2.59. The van der Waals surface area contributed by atoms with E-state index in [4.69, 9.17) is 16.3 Å². The quantitative estimate of drug-likeness (QED) is 0.344. The number of amides is 1. The zero-order valence-corrected chi connectivity index (χ0v) is 19.0. The number of ether oxygens (including phenoxy) is 1. The summed E-state index contributed by atoms with van der Waals surface area (Å²) in [4.78, 5) is 17.4. The lowest BCUT2D eigenvalue weighted by molar-refractivity contribution is -0.137. The first-order valence-corrected chi connectivity index (χ1v) is 10.9. The molecular formula is C25H21ClF3N3O2. The number of hydrogen-bond donors (Lipinski definition) is 1. The van der Waals surface area contributed by atoms with Gasteiger partial charge in [0.1, 0.15) is 23.7 Å². The van der Waals surface area contributed by atoms with Crippen LogP contribution in [0.2, 0.25) is 5.02 Å². The fraction of sp³-hybridized carbons (Fsp3) is 0.200. The predicted octanol–water partition coefficient (Wildman–Crippen LogP) is 6.08. The molecule has 2 aromatic carbocycles. The van der Waals surface area contributed by atoms with Gasteiger partial charge in [0.25, 0.3) is 5.91 Å². The van der Waals surface area contributed by atoms with Crippen molar-refractivity contribution in [3.8, 4) is 5.75 Å². The lowest BCUT2D eigenvalue weighted by atomic mass is 10.1. The fourth-order valence-electron chi connectivity index (χ4n) is 3.48. The number of pyridine rings is 1. The third-order valence-corrected chi connectivity index (χ3v) is 5.49. The van der Waals surface area contributed by atoms with Crippen molar-refractivity contribution in [3.05, 3.63) is 100.0 Å². The van der Waals surface area contributed by atoms with Crippen LogP contribution in [0.3, 0.4) is 0 Å². The Morgan fingerprint density at radius 2 is 1.71 bits per heavy atom. The third-order valence-electron chi connectivity index (χ3n) is 5.27. The third kappa shape index (κ3) is 5.34. The molecule has 4 aromatic rings. The van der Waals surface area contributed by atoms with Crippen LogP contribution in [0.15, 0.2) is 66.9 Å². The van der Waals surface area contributed by atoms with Crippen LogP contribution in [0.1, 0.15) is 39.8 Å². The van der Waals surface area contributed by atoms with Crippen LogP contribution in [0, 0.1) is 0 Å². The summed E-state index contributed by atoms with van der Waals surface area (Å²) < 4.78 is 45.3. The molecule has 176 valence electrons. The van der Waals surface area contributed by atoms with E-state index in [1.54, 1.807) is 34.9 Å². The number of aryl methyl sites for hydroxylation is 1. The number of alkyl halides is 3. The van der Waals surface area contributed by atoms with Crippen LogP contribution >= 0.6 is 11.6 Å². The van der Waals surface area contributed by atoms with E-state index in [0.717, 1.165) is 17.7 Å². The lowest BCUT2D eigenvalue weighted by Gasteiger charge is -2.10. The van der Waals surface area contributed by atoms with Crippen molar-refractivity contribution >= 4 is 23.2 Å². The molecule has 0 aliphatic rings. The van der Waals surface area contributed by atoms with Gasteiger partial charge in [-0.15, -0.1) is 0 Å². The summed E-state index contributed by atoms with van der Waals surface area (Å²) in [6.45, 7) is 2.38. The van der Waals surface area contributed by atoms with E-state index in [0.29, 0.717) is 46.3 Å². The van der Waals surface area contributed by atoms with Gasteiger partial charge in [0.2, 0.25) is 0 Å². The molecule has 1 N–H and O–H groups in total. The number of imidazole rings is 1. The SMILES string of the molecule is CCc1nc2ccc(Cl)cn2c1C(=O)NCc1ccc(OCc2ccc(C(F)(F)F)cc2)cc1. The van der Waals surface area contributed by atoms with Crippen molar-refractivity contribution in [1.82, 2.24) is 14.7 Å². The van der Waals surface area contributed by atoms with Gasteiger partial charge in [-0.1, -0.05) is 42.8 Å². The molecule has 4 rings (SSSR count). The maximum absolute atomic E-state index is 12.9. The number of fused-ring (bicyclic) bond motifs is 1. The summed E-state index contributed by atoms with van der Waals surface area (Å²) >= 11 is 6.09. The minimum Gasteiger partial charge on any atom is -0.489 e. The molecule has 0 spiro atoms. The van der Waals surface area contributed by atoms with Gasteiger partial charge in [-0.05, 0) is 53.9 Å². The number of nitrogens with one attached hydrogen (secondary N) is 1. The highest BCUT2D eigenvalue weighted by atomic mass is 35.5. The van der Waals surface area contributed by atoms with Gasteiger partial charge in [-0.25, -0.2) is 4.98 Å². The van der Waals surface area contributed by atoms with E-state index in [1.807, 2.05) is 19.1 Å². The zero-order valence-electron chi connectivity index (χ0n) is 18.2. The number of aromatic nitrogens is 2. The molecule has 0 radical (unpaired) electrons. The Bertz CT molecular complexity index is 1300. The van der Waals surface area contributed by atoms with Crippen molar-refractivity contribution in [2.75, 3.05) is 0 Å². The van der Waals surface area contributed by atoms with Crippen molar-refractivity contribution in [2.45, 2.75) is 32.7 Å². The van der Waals surface area contributed by atoms with Gasteiger partial charge in [-0.3, -0.25) is 9.20 Å². The summed E-state index contributed by atoms with van der Waals surface area (Å²) in [7, 11) is 0. The highest BCUT2D eigenvalue weighted by molar-refractivity contribution is 6.30. The van der Waals surface area contributed by atoms with E-state index in [-0.39, 0.29) is 12.5 Å². The van der Waals surface area contributed by atoms with Gasteiger partial charge < -0.3 is 10.1 Å². The van der Waals surface area contributed by atoms with Gasteiger partial charge in [-0.2, -0.15) is 13.2 Å². The lowest BCUT2D eigenvalue weighted by Crippen LogP contribution is -2.25. The number of rotatable bonds is 7. The second-order valence-electron chi connectivity index (χ2n) is 7.65. The van der Waals surface area contributed by atoms with E-state index >= 15 is 0 Å². The van der Waals surface area contributed by atoms with Gasteiger partial charge in [0, 0.05) is 12.7 Å². The summed E-state index contributed by atoms with van der Waals surface area (Å²) in [6, 6.07) is 15.5. The predicted molar refractivity (Wildman–Crippen MR) is 123 cm³/mol. The first kappa shape index (κ1) is 23.6. The van der Waals surface area contributed by atoms with Crippen molar-refractivity contribution in [3.63, 3.8) is 0 Å². The second kappa shape index (κ2) is 9.77. The molecule has 1 amide bonds. The topological polar surface area (TPSA) is 55.6 Å². The molecule has 9 heteroatoms. The summed E-state index contributed by atoms with van der Waals surface area (Å²) in [5.74, 6) is 0.314. The highest BCUT2D eigenvalue weighted by Gasteiger charge is 2.29. The minimum absolute atomic E-state index is 0.144. The Balaban J connectivity index is 1.36. The molecule has 2 aromatic heterocycles. The molecule has 0 saturated heterocycles. The van der Waals surface area contributed by atoms with E-state index in [1.165, 1.54) is 12.1 Å². The summed E-state index contributed by atoms with van der Waals surface area (Å²) in [6.07, 6.45) is -2.09. The van der Waals surface area contributed by atoms with E-state index in [2.05, 4.69) is 10.3 Å². The number of benzene rings is 2. The van der Waals surface area contributed by atoms with Gasteiger partial charge in [0.15, 0.2) is 0 Å². The molecule has 34 heavy (non-hydrogen) atoms. The van der Waals surface area contributed by atoms with Gasteiger partial charge in [0.05, 0.1) is 16.3 Å². The first-order valence-electron chi connectivity index (χ1n) is 10.6. The maximum Gasteiger partial charge on any atom is 0.416 e. The minimum atomic E-state index is -4.36. The van der Waals surface area contributed by atoms with E-state index < -0.39 is 11.7 Å². The van der Waals surface area contributed by atoms with Crippen molar-refractivity contribution < 1.29 is 22.7 Å². The Kier molecular flexibility index (Phi) is 6.79. The van der Waals surface area contributed by atoms with Crippen LogP contribution in [-0.2, 0) is 25.7 Å². The largest absolute Gasteiger partial charge is 0.489 e. The zero-order chi connectivity index (χ0) is 24.3. The smallest absolute Gasteiger partial charge is 0.416 e. The Hall–Kier alpha value is -3.52. The molecular weight excluding hydrogens is 467 g/mol. The number of nitrogens with zero attached hydrogens (tertiary/aromatic N) is 2. The molecule has 5 nitrogen and oxygen atoms in total. The average Bonchev–Trinajstić information content (AvgIpc) is 3.19. The number of carbonyl (C=O) groups is 1. The van der Waals surface area contributed by atoms with Crippen molar-refractivity contribution in [1.29, 1.82) is 0 Å². The Morgan fingerprint density at radius 3 is 2.35 bits per heavy atom. The molecule has 0 aliphatic heterocycles. The molecule has 0 fully saturated rings. The number of carbonyl (C=O) groups excluding carboxylic acids is 1. The highest BCUT2D eigenvalue weighted by Crippen LogP contribution is 2.29. The molecule has 0 bridgehead atoms. The number of halogens is 4. The van der Waals surface area contributed by atoms with Crippen LogP contribution in [0.25, 0.3) is 5.65 Å². The summed E-state index contributed by atoms with van der Waals surface area (Å²) in [5, 5.41) is 3.41.